The second kappa shape index (κ2) is 7.75. The molecule has 0 aliphatic carbocycles. The lowest BCUT2D eigenvalue weighted by Crippen LogP contribution is -2.27. The van der Waals surface area contributed by atoms with Crippen molar-refractivity contribution in [1.29, 1.82) is 0 Å². The van der Waals surface area contributed by atoms with Gasteiger partial charge in [-0.25, -0.2) is 4.99 Å². The van der Waals surface area contributed by atoms with Gasteiger partial charge in [0, 0.05) is 17.4 Å². The van der Waals surface area contributed by atoms with Crippen LogP contribution < -0.4 is 20.5 Å². The van der Waals surface area contributed by atoms with Crippen molar-refractivity contribution < 1.29 is 14.2 Å². The molecule has 0 saturated heterocycles. The van der Waals surface area contributed by atoms with Crippen LogP contribution in [0.4, 0.5) is 11.4 Å². The normalized spacial score (nSPS) is 17.9. The SMILES string of the molecule is COc1ccc([C@]2(c3cccc(Nc4cccc(OC)c4)c3)COC(N)=N2)cc1. The van der Waals surface area contributed by atoms with E-state index in [9.17, 15) is 0 Å². The lowest BCUT2D eigenvalue weighted by atomic mass is 9.84. The average molecular weight is 389 g/mol. The first-order valence-corrected chi connectivity index (χ1v) is 9.27. The minimum atomic E-state index is -0.706. The zero-order chi connectivity index (χ0) is 20.3. The van der Waals surface area contributed by atoms with E-state index in [1.165, 1.54) is 0 Å². The molecule has 1 aliphatic rings. The Morgan fingerprint density at radius 3 is 2.21 bits per heavy atom. The van der Waals surface area contributed by atoms with Crippen LogP contribution in [0.1, 0.15) is 11.1 Å². The van der Waals surface area contributed by atoms with Gasteiger partial charge in [0.1, 0.15) is 18.1 Å². The summed E-state index contributed by atoms with van der Waals surface area (Å²) in [5.74, 6) is 1.58. The Balaban J connectivity index is 1.71. The van der Waals surface area contributed by atoms with E-state index in [0.29, 0.717) is 6.61 Å². The number of benzene rings is 3. The number of methoxy groups -OCH3 is 2. The average Bonchev–Trinajstić information content (AvgIpc) is 3.17. The summed E-state index contributed by atoms with van der Waals surface area (Å²) in [6.07, 6.45) is 0. The number of rotatable bonds is 6. The van der Waals surface area contributed by atoms with Crippen LogP contribution in [0.15, 0.2) is 77.8 Å². The smallest absolute Gasteiger partial charge is 0.283 e. The Bertz CT molecular complexity index is 1030. The molecular weight excluding hydrogens is 366 g/mol. The monoisotopic (exact) mass is 389 g/mol. The van der Waals surface area contributed by atoms with Crippen molar-refractivity contribution in [2.45, 2.75) is 5.54 Å². The Morgan fingerprint density at radius 2 is 1.55 bits per heavy atom. The molecule has 0 amide bonds. The highest BCUT2D eigenvalue weighted by molar-refractivity contribution is 5.75. The van der Waals surface area contributed by atoms with E-state index in [4.69, 9.17) is 19.9 Å². The van der Waals surface area contributed by atoms with Crippen LogP contribution in [0.5, 0.6) is 11.5 Å². The Kier molecular flexibility index (Phi) is 4.99. The summed E-state index contributed by atoms with van der Waals surface area (Å²) in [4.78, 5) is 4.68. The molecule has 0 spiro atoms. The molecular formula is C23H23N3O3. The van der Waals surface area contributed by atoms with E-state index < -0.39 is 5.54 Å². The van der Waals surface area contributed by atoms with Crippen molar-refractivity contribution >= 4 is 17.4 Å². The third-order valence-corrected chi connectivity index (χ3v) is 5.00. The maximum atomic E-state index is 5.91. The van der Waals surface area contributed by atoms with Crippen molar-refractivity contribution in [3.8, 4) is 11.5 Å². The maximum absolute atomic E-state index is 5.91. The highest BCUT2D eigenvalue weighted by atomic mass is 16.5. The third-order valence-electron chi connectivity index (χ3n) is 5.00. The van der Waals surface area contributed by atoms with Crippen LogP contribution in [0.25, 0.3) is 0 Å². The second-order valence-corrected chi connectivity index (χ2v) is 6.77. The lowest BCUT2D eigenvalue weighted by Gasteiger charge is -2.26. The first-order chi connectivity index (χ1) is 14.1. The first kappa shape index (κ1) is 18.7. The standard InChI is InChI=1S/C23H23N3O3/c1-27-20-11-9-16(10-12-20)23(15-29-22(24)26-23)17-5-3-6-18(13-17)25-19-7-4-8-21(14-19)28-2/h3-14,25H,15H2,1-2H3,(H2,24,26)/t23-/m0/s1. The number of nitrogens with two attached hydrogens (primary N) is 1. The van der Waals surface area contributed by atoms with Crippen molar-refractivity contribution in [2.75, 3.05) is 26.1 Å². The van der Waals surface area contributed by atoms with Gasteiger partial charge in [-0.1, -0.05) is 30.3 Å². The topological polar surface area (TPSA) is 78.1 Å². The molecule has 1 heterocycles. The molecule has 0 bridgehead atoms. The van der Waals surface area contributed by atoms with Gasteiger partial charge in [-0.05, 0) is 47.5 Å². The Morgan fingerprint density at radius 1 is 0.862 bits per heavy atom. The predicted octanol–water partition coefficient (Wildman–Crippen LogP) is 4.04. The maximum Gasteiger partial charge on any atom is 0.283 e. The second-order valence-electron chi connectivity index (χ2n) is 6.77. The molecule has 6 heteroatoms. The van der Waals surface area contributed by atoms with Gasteiger partial charge < -0.3 is 25.3 Å². The highest BCUT2D eigenvalue weighted by Crippen LogP contribution is 2.39. The number of aliphatic imine (C=N–C) groups is 1. The first-order valence-electron chi connectivity index (χ1n) is 9.27. The minimum absolute atomic E-state index is 0.187. The van der Waals surface area contributed by atoms with E-state index in [-0.39, 0.29) is 6.02 Å². The van der Waals surface area contributed by atoms with Crippen molar-refractivity contribution in [3.63, 3.8) is 0 Å². The number of hydrogen-bond donors (Lipinski definition) is 2. The van der Waals surface area contributed by atoms with Gasteiger partial charge in [-0.2, -0.15) is 0 Å². The molecule has 0 saturated carbocycles. The fourth-order valence-electron chi connectivity index (χ4n) is 3.48. The van der Waals surface area contributed by atoms with Crippen LogP contribution in [-0.2, 0) is 10.3 Å². The molecule has 3 N–H and O–H groups in total. The van der Waals surface area contributed by atoms with Gasteiger partial charge >= 0.3 is 0 Å². The summed E-state index contributed by atoms with van der Waals surface area (Å²) in [6.45, 7) is 0.341. The summed E-state index contributed by atoms with van der Waals surface area (Å²) in [7, 11) is 3.30. The molecule has 0 radical (unpaired) electrons. The molecule has 0 fully saturated rings. The summed E-state index contributed by atoms with van der Waals surface area (Å²) in [5.41, 5.74) is 9.04. The van der Waals surface area contributed by atoms with Gasteiger partial charge in [0.25, 0.3) is 6.02 Å². The molecule has 29 heavy (non-hydrogen) atoms. The van der Waals surface area contributed by atoms with E-state index in [1.54, 1.807) is 14.2 Å². The van der Waals surface area contributed by atoms with Crippen LogP contribution >= 0.6 is 0 Å². The van der Waals surface area contributed by atoms with Gasteiger partial charge in [-0.3, -0.25) is 0 Å². The highest BCUT2D eigenvalue weighted by Gasteiger charge is 2.40. The predicted molar refractivity (Wildman–Crippen MR) is 114 cm³/mol. The van der Waals surface area contributed by atoms with Gasteiger partial charge in [0.2, 0.25) is 0 Å². The van der Waals surface area contributed by atoms with Crippen LogP contribution in [-0.4, -0.2) is 26.8 Å². The number of amidine groups is 1. The summed E-state index contributed by atoms with van der Waals surface area (Å²) in [5, 5.41) is 3.42. The van der Waals surface area contributed by atoms with Crippen molar-refractivity contribution in [2.24, 2.45) is 10.7 Å². The number of nitrogens with zero attached hydrogens (tertiary/aromatic N) is 1. The van der Waals surface area contributed by atoms with Crippen molar-refractivity contribution in [1.82, 2.24) is 0 Å². The van der Waals surface area contributed by atoms with Gasteiger partial charge in [-0.15, -0.1) is 0 Å². The largest absolute Gasteiger partial charge is 0.497 e. The quantitative estimate of drug-likeness (QED) is 0.665. The third kappa shape index (κ3) is 3.69. The van der Waals surface area contributed by atoms with Gasteiger partial charge in [0.15, 0.2) is 5.54 Å². The molecule has 148 valence electrons. The van der Waals surface area contributed by atoms with Crippen LogP contribution in [0, 0.1) is 0 Å². The fourth-order valence-corrected chi connectivity index (χ4v) is 3.48. The summed E-state index contributed by atoms with van der Waals surface area (Å²) < 4.78 is 16.2. The van der Waals surface area contributed by atoms with Crippen molar-refractivity contribution in [3.05, 3.63) is 83.9 Å². The zero-order valence-electron chi connectivity index (χ0n) is 16.4. The molecule has 6 nitrogen and oxygen atoms in total. The van der Waals surface area contributed by atoms with E-state index in [1.807, 2.05) is 66.7 Å². The molecule has 3 aromatic carbocycles. The number of hydrogen-bond acceptors (Lipinski definition) is 6. The van der Waals surface area contributed by atoms with Crippen LogP contribution in [0.3, 0.4) is 0 Å². The van der Waals surface area contributed by atoms with E-state index in [0.717, 1.165) is 34.0 Å². The lowest BCUT2D eigenvalue weighted by molar-refractivity contribution is 0.278. The molecule has 1 atom stereocenters. The molecule has 3 aromatic rings. The van der Waals surface area contributed by atoms with Crippen LogP contribution in [0.2, 0.25) is 0 Å². The van der Waals surface area contributed by atoms with E-state index in [2.05, 4.69) is 16.4 Å². The summed E-state index contributed by atoms with van der Waals surface area (Å²) >= 11 is 0. The molecule has 4 rings (SSSR count). The van der Waals surface area contributed by atoms with E-state index >= 15 is 0 Å². The molecule has 1 aliphatic heterocycles. The number of nitrogens with one attached hydrogen (secondary N) is 1. The van der Waals surface area contributed by atoms with Gasteiger partial charge in [0.05, 0.1) is 14.2 Å². The minimum Gasteiger partial charge on any atom is -0.497 e. The zero-order valence-corrected chi connectivity index (χ0v) is 16.4. The summed E-state index contributed by atoms with van der Waals surface area (Å²) in [6, 6.07) is 23.9. The Labute approximate surface area is 169 Å². The molecule has 0 unspecified atom stereocenters. The molecule has 0 aromatic heterocycles. The fraction of sp³-hybridized carbons (Fsp3) is 0.174. The number of ether oxygens (including phenoxy) is 3. The number of anilines is 2. The Hall–Kier alpha value is -3.67.